The molecule has 0 saturated carbocycles. The lowest BCUT2D eigenvalue weighted by Crippen LogP contribution is -2.40. The molecule has 0 saturated heterocycles. The Labute approximate surface area is 98.8 Å². The van der Waals surface area contributed by atoms with Crippen LogP contribution in [0.4, 0.5) is 0 Å². The third-order valence-corrected chi connectivity index (χ3v) is 2.25. The number of aliphatic carboxylic acids is 1. The smallest absolute Gasteiger partial charge is 0.326 e. The van der Waals surface area contributed by atoms with Crippen molar-refractivity contribution in [1.29, 1.82) is 0 Å². The van der Waals surface area contributed by atoms with Gasteiger partial charge in [0.2, 0.25) is 5.91 Å². The summed E-state index contributed by atoms with van der Waals surface area (Å²) in [5.41, 5.74) is 0. The SMILES string of the molecule is CCC[C@H](NC(=O)CCn1ccnn1)C(=O)O. The Balaban J connectivity index is 2.34. The zero-order valence-electron chi connectivity index (χ0n) is 9.67. The number of hydrogen-bond acceptors (Lipinski definition) is 4. The van der Waals surface area contributed by atoms with E-state index >= 15 is 0 Å². The molecule has 0 spiro atoms. The minimum Gasteiger partial charge on any atom is -0.480 e. The first-order valence-corrected chi connectivity index (χ1v) is 5.49. The normalized spacial score (nSPS) is 12.1. The van der Waals surface area contributed by atoms with Gasteiger partial charge in [-0.25, -0.2) is 4.79 Å². The van der Waals surface area contributed by atoms with E-state index in [-0.39, 0.29) is 12.3 Å². The van der Waals surface area contributed by atoms with E-state index in [9.17, 15) is 9.59 Å². The van der Waals surface area contributed by atoms with Crippen molar-refractivity contribution in [1.82, 2.24) is 20.3 Å². The van der Waals surface area contributed by atoms with Crippen LogP contribution in [0, 0.1) is 0 Å². The van der Waals surface area contributed by atoms with Crippen molar-refractivity contribution in [3.8, 4) is 0 Å². The molecular formula is C10H16N4O3. The molecule has 1 rings (SSSR count). The van der Waals surface area contributed by atoms with E-state index in [1.807, 2.05) is 6.92 Å². The Bertz CT molecular complexity index is 364. The second-order valence-corrected chi connectivity index (χ2v) is 3.66. The van der Waals surface area contributed by atoms with Gasteiger partial charge in [-0.3, -0.25) is 9.48 Å². The van der Waals surface area contributed by atoms with Crippen LogP contribution in [0.2, 0.25) is 0 Å². The minimum atomic E-state index is -0.999. The maximum Gasteiger partial charge on any atom is 0.326 e. The highest BCUT2D eigenvalue weighted by atomic mass is 16.4. The van der Waals surface area contributed by atoms with E-state index in [0.717, 1.165) is 0 Å². The maximum atomic E-state index is 11.5. The molecule has 1 aromatic rings. The van der Waals surface area contributed by atoms with Gasteiger partial charge in [0.1, 0.15) is 6.04 Å². The predicted octanol–water partition coefficient (Wildman–Crippen LogP) is 0.0377. The molecule has 0 aromatic carbocycles. The van der Waals surface area contributed by atoms with Crippen LogP contribution in [0.15, 0.2) is 12.4 Å². The summed E-state index contributed by atoms with van der Waals surface area (Å²) in [6.45, 7) is 2.27. The van der Waals surface area contributed by atoms with Gasteiger partial charge in [0, 0.05) is 12.6 Å². The summed E-state index contributed by atoms with van der Waals surface area (Å²) in [6, 6.07) is -0.803. The number of carboxylic acid groups (broad SMARTS) is 1. The van der Waals surface area contributed by atoms with E-state index in [1.54, 1.807) is 6.20 Å². The highest BCUT2D eigenvalue weighted by Gasteiger charge is 2.18. The number of aryl methyl sites for hydroxylation is 1. The quantitative estimate of drug-likeness (QED) is 0.701. The summed E-state index contributed by atoms with van der Waals surface area (Å²) >= 11 is 0. The molecule has 0 aliphatic rings. The molecule has 1 aromatic heterocycles. The van der Waals surface area contributed by atoms with Crippen molar-refractivity contribution < 1.29 is 14.7 Å². The van der Waals surface area contributed by atoms with Gasteiger partial charge in [-0.15, -0.1) is 5.10 Å². The number of hydrogen-bond donors (Lipinski definition) is 2. The molecule has 0 aliphatic heterocycles. The zero-order valence-corrected chi connectivity index (χ0v) is 9.67. The summed E-state index contributed by atoms with van der Waals surface area (Å²) < 4.78 is 1.52. The fraction of sp³-hybridized carbons (Fsp3) is 0.600. The Kier molecular flexibility index (Phi) is 5.12. The Hall–Kier alpha value is -1.92. The minimum absolute atomic E-state index is 0.191. The average Bonchev–Trinajstić information content (AvgIpc) is 2.78. The number of nitrogens with one attached hydrogen (secondary N) is 1. The zero-order chi connectivity index (χ0) is 12.7. The number of aromatic nitrogens is 3. The molecule has 0 unspecified atom stereocenters. The fourth-order valence-electron chi connectivity index (χ4n) is 1.38. The van der Waals surface area contributed by atoms with Gasteiger partial charge in [-0.05, 0) is 6.42 Å². The topological polar surface area (TPSA) is 97.1 Å². The van der Waals surface area contributed by atoms with Gasteiger partial charge in [-0.2, -0.15) is 0 Å². The lowest BCUT2D eigenvalue weighted by Gasteiger charge is -2.13. The van der Waals surface area contributed by atoms with Crippen molar-refractivity contribution in [3.63, 3.8) is 0 Å². The van der Waals surface area contributed by atoms with Gasteiger partial charge in [-0.1, -0.05) is 18.6 Å². The lowest BCUT2D eigenvalue weighted by molar-refractivity contribution is -0.142. The van der Waals surface area contributed by atoms with Crippen molar-refractivity contribution in [2.45, 2.75) is 38.8 Å². The monoisotopic (exact) mass is 240 g/mol. The molecule has 94 valence electrons. The van der Waals surface area contributed by atoms with E-state index < -0.39 is 12.0 Å². The van der Waals surface area contributed by atoms with Gasteiger partial charge in [0.15, 0.2) is 0 Å². The summed E-state index contributed by atoms with van der Waals surface area (Å²) in [5, 5.41) is 18.7. The Morgan fingerprint density at radius 1 is 1.53 bits per heavy atom. The molecule has 7 heteroatoms. The maximum absolute atomic E-state index is 11.5. The van der Waals surface area contributed by atoms with Gasteiger partial charge < -0.3 is 10.4 Å². The van der Waals surface area contributed by atoms with Crippen molar-refractivity contribution in [3.05, 3.63) is 12.4 Å². The third kappa shape index (κ3) is 4.62. The second-order valence-electron chi connectivity index (χ2n) is 3.66. The van der Waals surface area contributed by atoms with E-state index in [1.165, 1.54) is 10.9 Å². The molecule has 1 atom stereocenters. The molecule has 7 nitrogen and oxygen atoms in total. The second kappa shape index (κ2) is 6.62. The number of carbonyl (C=O) groups is 2. The van der Waals surface area contributed by atoms with Crippen molar-refractivity contribution in [2.75, 3.05) is 0 Å². The first-order valence-electron chi connectivity index (χ1n) is 5.49. The van der Waals surface area contributed by atoms with Crippen LogP contribution in [-0.4, -0.2) is 38.0 Å². The summed E-state index contributed by atoms with van der Waals surface area (Å²) in [4.78, 5) is 22.3. The lowest BCUT2D eigenvalue weighted by atomic mass is 10.1. The molecule has 1 amide bonds. The number of rotatable bonds is 7. The summed E-state index contributed by atoms with van der Waals surface area (Å²) in [7, 11) is 0. The van der Waals surface area contributed by atoms with Crippen molar-refractivity contribution >= 4 is 11.9 Å². The van der Waals surface area contributed by atoms with Crippen LogP contribution in [0.5, 0.6) is 0 Å². The number of nitrogens with zero attached hydrogens (tertiary/aromatic N) is 3. The van der Waals surface area contributed by atoms with Crippen LogP contribution in [0.3, 0.4) is 0 Å². The number of amides is 1. The number of carboxylic acids is 1. The van der Waals surface area contributed by atoms with Gasteiger partial charge in [0.05, 0.1) is 12.7 Å². The van der Waals surface area contributed by atoms with Crippen LogP contribution >= 0.6 is 0 Å². The predicted molar refractivity (Wildman–Crippen MR) is 59.1 cm³/mol. The molecule has 2 N–H and O–H groups in total. The highest BCUT2D eigenvalue weighted by Crippen LogP contribution is 1.98. The Morgan fingerprint density at radius 3 is 2.82 bits per heavy atom. The number of carbonyl (C=O) groups excluding carboxylic acids is 1. The molecule has 0 aliphatic carbocycles. The average molecular weight is 240 g/mol. The first kappa shape index (κ1) is 13.1. The van der Waals surface area contributed by atoms with Crippen LogP contribution in [-0.2, 0) is 16.1 Å². The van der Waals surface area contributed by atoms with E-state index in [4.69, 9.17) is 5.11 Å². The molecular weight excluding hydrogens is 224 g/mol. The van der Waals surface area contributed by atoms with Gasteiger partial charge >= 0.3 is 5.97 Å². The molecule has 17 heavy (non-hydrogen) atoms. The van der Waals surface area contributed by atoms with Crippen LogP contribution in [0.25, 0.3) is 0 Å². The van der Waals surface area contributed by atoms with E-state index in [0.29, 0.717) is 19.4 Å². The fourth-order valence-corrected chi connectivity index (χ4v) is 1.38. The third-order valence-electron chi connectivity index (χ3n) is 2.25. The standard InChI is InChI=1S/C10H16N4O3/c1-2-3-8(10(16)17)12-9(15)4-6-14-7-5-11-13-14/h5,7-8H,2-4,6H2,1H3,(H,12,15)(H,16,17)/t8-/m0/s1. The molecule has 0 radical (unpaired) electrons. The molecule has 0 bridgehead atoms. The Morgan fingerprint density at radius 2 is 2.29 bits per heavy atom. The summed E-state index contributed by atoms with van der Waals surface area (Å²) in [6.07, 6.45) is 4.50. The summed E-state index contributed by atoms with van der Waals surface area (Å²) in [5.74, 6) is -1.29. The van der Waals surface area contributed by atoms with Crippen LogP contribution < -0.4 is 5.32 Å². The molecule has 0 fully saturated rings. The van der Waals surface area contributed by atoms with E-state index in [2.05, 4.69) is 15.6 Å². The van der Waals surface area contributed by atoms with Crippen molar-refractivity contribution in [2.24, 2.45) is 0 Å². The first-order chi connectivity index (χ1) is 8.13. The molecule has 1 heterocycles. The largest absolute Gasteiger partial charge is 0.480 e. The van der Waals surface area contributed by atoms with Crippen LogP contribution in [0.1, 0.15) is 26.2 Å². The highest BCUT2D eigenvalue weighted by molar-refractivity contribution is 5.83. The van der Waals surface area contributed by atoms with Gasteiger partial charge in [0.25, 0.3) is 0 Å².